The standard InChI is InChI=1S/C25H34F2O13S.C24H32F2O13S/c1-12(25(26,27)41(32,33)34)36-13(28)10-35-11-14(29)37-19-18-16(15-17(38-18)20(19)39-21(15)30)22(31)40-24(23(2,3)4)8-6-5-7-9-24;1-11(2)23(7-5-4-6-8-23)39-22(30)16-15-17-20(38-21(15)29)19(18(16)37-17)36-14(28)10-34-9-13(27)35-12(3)24(25,26)40(31,32)33/h12,15-20H,5-11H2,1-4H3,(H,32,33,34);11-12,15-20H,4-10H2,1-3H3,(H,31,32,33)/p-2. The SMILES string of the molecule is CC(C)C1(OC(=O)C2C3OC4C(OC(=O)C42)C3OC(=O)COCC(=O)OC(C)C(F)(F)S(=O)(=O)[O-])CCCCC1.CC(OC(=O)COCC(=O)OC1C2OC(=O)C3C2OC1C3C(=O)OC1(C(C)(C)C)CCCCC1)C(F)(F)S(=O)(=O)[O-]. The molecule has 81 heavy (non-hydrogen) atoms. The van der Waals surface area contributed by atoms with Crippen LogP contribution >= 0.6 is 0 Å². The first-order chi connectivity index (χ1) is 37.5. The number of rotatable bonds is 21. The summed E-state index contributed by atoms with van der Waals surface area (Å²) in [5.41, 5.74) is -1.78. The number of hydrogen-bond acceptors (Lipinski definition) is 26. The molecule has 6 aliphatic heterocycles. The first-order valence-corrected chi connectivity index (χ1v) is 29.1. The zero-order valence-electron chi connectivity index (χ0n) is 45.0. The second-order valence-electron chi connectivity index (χ2n) is 22.7. The summed E-state index contributed by atoms with van der Waals surface area (Å²) in [6.07, 6.45) is -4.77. The van der Waals surface area contributed by atoms with Crippen molar-refractivity contribution in [2.24, 2.45) is 35.0 Å². The molecule has 32 heteroatoms. The van der Waals surface area contributed by atoms with Gasteiger partial charge in [-0.25, -0.2) is 36.0 Å². The van der Waals surface area contributed by atoms with E-state index in [1.165, 1.54) is 0 Å². The molecule has 0 radical (unpaired) electrons. The summed E-state index contributed by atoms with van der Waals surface area (Å²) in [7, 11) is -12.2. The van der Waals surface area contributed by atoms with E-state index in [4.69, 9.17) is 47.4 Å². The third-order valence-corrected chi connectivity index (χ3v) is 18.4. The van der Waals surface area contributed by atoms with Gasteiger partial charge >= 0.3 is 58.3 Å². The fourth-order valence-electron chi connectivity index (χ4n) is 11.9. The molecule has 14 atom stereocenters. The molecule has 0 aromatic heterocycles. The van der Waals surface area contributed by atoms with Gasteiger partial charge < -0.3 is 65.9 Å². The number of fused-ring (bicyclic) bond motifs is 2. The van der Waals surface area contributed by atoms with E-state index in [0.717, 1.165) is 38.5 Å². The Morgan fingerprint density at radius 3 is 1.27 bits per heavy atom. The number of carbonyl (C=O) groups is 8. The molecule has 26 nitrogen and oxygen atoms in total. The maximum absolute atomic E-state index is 13.6. The molecule has 0 N–H and O–H groups in total. The lowest BCUT2D eigenvalue weighted by molar-refractivity contribution is -0.191. The molecule has 0 spiro atoms. The van der Waals surface area contributed by atoms with Gasteiger partial charge in [0.1, 0.15) is 85.7 Å². The quantitative estimate of drug-likeness (QED) is 0.0687. The van der Waals surface area contributed by atoms with Gasteiger partial charge in [0, 0.05) is 5.41 Å². The minimum atomic E-state index is -6.09. The van der Waals surface area contributed by atoms with Gasteiger partial charge in [0.15, 0.2) is 56.9 Å². The van der Waals surface area contributed by atoms with Crippen LogP contribution in [0.4, 0.5) is 17.6 Å². The third kappa shape index (κ3) is 12.7. The van der Waals surface area contributed by atoms with Crippen LogP contribution in [0.2, 0.25) is 0 Å². The second kappa shape index (κ2) is 23.7. The summed E-state index contributed by atoms with van der Waals surface area (Å²) in [4.78, 5) is 100. The van der Waals surface area contributed by atoms with Crippen LogP contribution in [0.3, 0.4) is 0 Å². The summed E-state index contributed by atoms with van der Waals surface area (Å²) >= 11 is 0. The van der Waals surface area contributed by atoms with Crippen LogP contribution in [0.1, 0.15) is 113 Å². The normalized spacial score (nSPS) is 31.4. The zero-order valence-corrected chi connectivity index (χ0v) is 46.6. The number of alkyl halides is 4. The summed E-state index contributed by atoms with van der Waals surface area (Å²) < 4.78 is 181. The van der Waals surface area contributed by atoms with Gasteiger partial charge in [0.2, 0.25) is 0 Å². The third-order valence-electron chi connectivity index (χ3n) is 16.4. The number of hydrogen-bond donors (Lipinski definition) is 0. The Morgan fingerprint density at radius 1 is 0.556 bits per heavy atom. The summed E-state index contributed by atoms with van der Waals surface area (Å²) in [5, 5.41) is -9.75. The molecule has 4 bridgehead atoms. The Hall–Kier alpha value is -4.86. The Labute approximate surface area is 462 Å². The summed E-state index contributed by atoms with van der Waals surface area (Å²) in [6.45, 7) is 7.06. The summed E-state index contributed by atoms with van der Waals surface area (Å²) in [6, 6.07) is 0. The number of esters is 8. The van der Waals surface area contributed by atoms with E-state index in [9.17, 15) is 81.9 Å². The lowest BCUT2D eigenvalue weighted by atomic mass is 9.68. The summed E-state index contributed by atoms with van der Waals surface area (Å²) in [5.74, 6) is -11.5. The van der Waals surface area contributed by atoms with E-state index in [2.05, 4.69) is 9.47 Å². The Kier molecular flexibility index (Phi) is 18.6. The average Bonchev–Trinajstić information content (AvgIpc) is 3.55. The number of carbonyl (C=O) groups excluding carboxylic acids is 8. The Balaban J connectivity index is 0.000000234. The molecule has 6 saturated heterocycles. The minimum absolute atomic E-state index is 0.0379. The topological polar surface area (TPSA) is 362 Å². The highest BCUT2D eigenvalue weighted by atomic mass is 32.2. The highest BCUT2D eigenvalue weighted by Crippen LogP contribution is 2.55. The van der Waals surface area contributed by atoms with Crippen molar-refractivity contribution in [1.82, 2.24) is 0 Å². The molecular formula is C49H64F4O26S2-2. The maximum Gasteiger partial charge on any atom is 0.370 e. The fourth-order valence-corrected chi connectivity index (χ4v) is 12.8. The van der Waals surface area contributed by atoms with E-state index in [-0.39, 0.29) is 11.3 Å². The largest absolute Gasteiger partial charge is 0.743 e. The Bertz CT molecular complexity index is 2670. The molecule has 8 rings (SSSR count). The molecule has 0 aromatic rings. The van der Waals surface area contributed by atoms with Crippen molar-refractivity contribution < 1.29 is 139 Å². The van der Waals surface area contributed by atoms with E-state index >= 15 is 0 Å². The lowest BCUT2D eigenvalue weighted by Gasteiger charge is -2.47. The lowest BCUT2D eigenvalue weighted by Crippen LogP contribution is -2.53. The van der Waals surface area contributed by atoms with Gasteiger partial charge in [-0.2, -0.15) is 17.6 Å². The van der Waals surface area contributed by atoms with Gasteiger partial charge in [-0.15, -0.1) is 0 Å². The molecule has 8 fully saturated rings. The van der Waals surface area contributed by atoms with E-state index in [1.807, 2.05) is 34.6 Å². The average molecular weight is 1210 g/mol. The molecular weight excluding hydrogens is 1140 g/mol. The zero-order chi connectivity index (χ0) is 60.2. The molecule has 0 aromatic carbocycles. The maximum atomic E-state index is 13.6. The van der Waals surface area contributed by atoms with Crippen molar-refractivity contribution in [1.29, 1.82) is 0 Å². The highest BCUT2D eigenvalue weighted by molar-refractivity contribution is 7.87. The smallest absolute Gasteiger partial charge is 0.370 e. The monoisotopic (exact) mass is 1210 g/mol. The molecule has 8 aliphatic rings. The van der Waals surface area contributed by atoms with Crippen molar-refractivity contribution >= 4 is 68.0 Å². The van der Waals surface area contributed by atoms with Gasteiger partial charge in [0.25, 0.3) is 0 Å². The first kappa shape index (κ1) is 63.7. The van der Waals surface area contributed by atoms with Crippen LogP contribution in [-0.4, -0.2) is 183 Å². The van der Waals surface area contributed by atoms with Crippen molar-refractivity contribution in [2.75, 3.05) is 26.4 Å². The van der Waals surface area contributed by atoms with E-state index in [1.54, 1.807) is 0 Å². The van der Waals surface area contributed by atoms with Crippen LogP contribution in [0.15, 0.2) is 0 Å². The van der Waals surface area contributed by atoms with Crippen molar-refractivity contribution in [3.63, 3.8) is 0 Å². The van der Waals surface area contributed by atoms with Crippen molar-refractivity contribution in [3.8, 4) is 0 Å². The van der Waals surface area contributed by atoms with Crippen LogP contribution in [0.25, 0.3) is 0 Å². The van der Waals surface area contributed by atoms with Gasteiger partial charge in [-0.1, -0.05) is 47.5 Å². The molecule has 2 saturated carbocycles. The molecule has 0 amide bonds. The van der Waals surface area contributed by atoms with Crippen LogP contribution < -0.4 is 0 Å². The second-order valence-corrected chi connectivity index (χ2v) is 25.6. The molecule has 14 unspecified atom stereocenters. The van der Waals surface area contributed by atoms with Gasteiger partial charge in [0.05, 0.1) is 0 Å². The van der Waals surface area contributed by atoms with Gasteiger partial charge in [-0.05, 0) is 71.1 Å². The predicted molar refractivity (Wildman–Crippen MR) is 251 cm³/mol. The first-order valence-electron chi connectivity index (χ1n) is 26.3. The van der Waals surface area contributed by atoms with E-state index < -0.39 is 201 Å². The van der Waals surface area contributed by atoms with Crippen LogP contribution in [0.5, 0.6) is 0 Å². The Morgan fingerprint density at radius 2 is 0.914 bits per heavy atom. The van der Waals surface area contributed by atoms with Crippen LogP contribution in [0, 0.1) is 35.0 Å². The van der Waals surface area contributed by atoms with Gasteiger partial charge in [-0.3, -0.25) is 19.2 Å². The predicted octanol–water partition coefficient (Wildman–Crippen LogP) is 2.04. The molecule has 2 aliphatic carbocycles. The van der Waals surface area contributed by atoms with E-state index in [0.29, 0.717) is 39.5 Å². The highest BCUT2D eigenvalue weighted by Gasteiger charge is 2.74. The van der Waals surface area contributed by atoms with Crippen molar-refractivity contribution in [3.05, 3.63) is 0 Å². The number of halogens is 4. The minimum Gasteiger partial charge on any atom is -0.743 e. The fraction of sp³-hybridized carbons (Fsp3) is 0.837. The number of ether oxygens (including phenoxy) is 12. The molecule has 458 valence electrons. The van der Waals surface area contributed by atoms with Crippen molar-refractivity contribution in [2.45, 2.75) is 195 Å². The molecule has 6 heterocycles. The van der Waals surface area contributed by atoms with Crippen LogP contribution in [-0.2, 0) is 115 Å².